The molecule has 2 aliphatic heterocycles. The molecule has 2 aromatic rings. The molecular formula is C25H32N2O3S. The zero-order chi connectivity index (χ0) is 21.6. The van der Waals surface area contributed by atoms with Gasteiger partial charge in [0.25, 0.3) is 0 Å². The molecule has 0 aromatic heterocycles. The maximum Gasteiger partial charge on any atom is 0.224 e. The lowest BCUT2D eigenvalue weighted by Crippen LogP contribution is -2.38. The summed E-state index contributed by atoms with van der Waals surface area (Å²) in [5.74, 6) is 3.05. The number of carbonyl (C=O) groups is 1. The van der Waals surface area contributed by atoms with Gasteiger partial charge in [0.15, 0.2) is 0 Å². The summed E-state index contributed by atoms with van der Waals surface area (Å²) in [4.78, 5) is 18.6. The van der Waals surface area contributed by atoms with Crippen LogP contribution in [0.15, 0.2) is 47.4 Å². The number of carbonyl (C=O) groups excluding carboxylic acids is 1. The Morgan fingerprint density at radius 1 is 1.13 bits per heavy atom. The molecule has 0 spiro atoms. The van der Waals surface area contributed by atoms with Crippen LogP contribution in [0.2, 0.25) is 0 Å². The minimum absolute atomic E-state index is 0.252. The van der Waals surface area contributed by atoms with Crippen molar-refractivity contribution in [2.24, 2.45) is 5.92 Å². The Morgan fingerprint density at radius 2 is 1.90 bits per heavy atom. The number of ether oxygens (including phenoxy) is 1. The zero-order valence-corrected chi connectivity index (χ0v) is 19.1. The van der Waals surface area contributed by atoms with Crippen LogP contribution in [0.5, 0.6) is 11.5 Å². The lowest BCUT2D eigenvalue weighted by Gasteiger charge is -2.32. The molecule has 166 valence electrons. The van der Waals surface area contributed by atoms with Crippen molar-refractivity contribution in [3.8, 4) is 11.5 Å². The Balaban J connectivity index is 1.23. The molecule has 2 aliphatic rings. The number of phenols is 1. The molecule has 0 atom stereocenters. The molecule has 0 saturated carbocycles. The van der Waals surface area contributed by atoms with Crippen molar-refractivity contribution >= 4 is 17.7 Å². The van der Waals surface area contributed by atoms with Crippen LogP contribution >= 0.6 is 11.8 Å². The number of aromatic hydroxyl groups is 1. The Hall–Kier alpha value is -2.18. The molecule has 1 fully saturated rings. The molecule has 0 radical (unpaired) electrons. The Bertz CT molecular complexity index is 879. The maximum atomic E-state index is 12.9. The van der Waals surface area contributed by atoms with Crippen molar-refractivity contribution in [2.75, 3.05) is 39.0 Å². The second-order valence-electron chi connectivity index (χ2n) is 8.54. The first-order chi connectivity index (χ1) is 15.1. The van der Waals surface area contributed by atoms with Crippen molar-refractivity contribution in [2.45, 2.75) is 37.1 Å². The highest BCUT2D eigenvalue weighted by Gasteiger charge is 2.23. The number of phenolic OH excluding ortho intramolecular Hbond substituents is 1. The van der Waals surface area contributed by atoms with Crippen LogP contribution in [0.1, 0.15) is 30.4 Å². The van der Waals surface area contributed by atoms with Crippen molar-refractivity contribution in [3.05, 3.63) is 53.6 Å². The fourth-order valence-corrected chi connectivity index (χ4v) is 5.51. The van der Waals surface area contributed by atoms with E-state index in [-0.39, 0.29) is 5.91 Å². The molecule has 1 saturated heterocycles. The van der Waals surface area contributed by atoms with E-state index in [1.54, 1.807) is 19.2 Å². The van der Waals surface area contributed by atoms with Gasteiger partial charge in [-0.15, -0.1) is 11.8 Å². The Labute approximate surface area is 189 Å². The smallest absolute Gasteiger partial charge is 0.224 e. The van der Waals surface area contributed by atoms with E-state index < -0.39 is 0 Å². The highest BCUT2D eigenvalue weighted by Crippen LogP contribution is 2.30. The van der Waals surface area contributed by atoms with Gasteiger partial charge in [-0.3, -0.25) is 4.79 Å². The van der Waals surface area contributed by atoms with Gasteiger partial charge in [-0.1, -0.05) is 12.1 Å². The fourth-order valence-electron chi connectivity index (χ4n) is 4.50. The van der Waals surface area contributed by atoms with E-state index in [0.717, 1.165) is 44.1 Å². The van der Waals surface area contributed by atoms with E-state index in [2.05, 4.69) is 17.0 Å². The molecule has 1 amide bonds. The minimum atomic E-state index is 0.252. The summed E-state index contributed by atoms with van der Waals surface area (Å²) < 4.78 is 5.36. The van der Waals surface area contributed by atoms with Crippen LogP contribution in [0, 0.1) is 5.92 Å². The normalized spacial score (nSPS) is 17.8. The summed E-state index contributed by atoms with van der Waals surface area (Å²) in [6, 6.07) is 13.7. The third-order valence-corrected chi connectivity index (χ3v) is 7.51. The fraction of sp³-hybridized carbons (Fsp3) is 0.480. The first-order valence-corrected chi connectivity index (χ1v) is 12.2. The number of nitrogens with zero attached hydrogens (tertiary/aromatic N) is 2. The second kappa shape index (κ2) is 10.4. The third-order valence-electron chi connectivity index (χ3n) is 6.41. The van der Waals surface area contributed by atoms with Crippen LogP contribution in [0.4, 0.5) is 0 Å². The van der Waals surface area contributed by atoms with E-state index in [9.17, 15) is 9.90 Å². The van der Waals surface area contributed by atoms with Crippen LogP contribution in [0.3, 0.4) is 0 Å². The highest BCUT2D eigenvalue weighted by atomic mass is 32.2. The van der Waals surface area contributed by atoms with Gasteiger partial charge in [0.2, 0.25) is 5.91 Å². The number of thioether (sulfide) groups is 1. The molecule has 5 nitrogen and oxygen atoms in total. The first-order valence-electron chi connectivity index (χ1n) is 11.2. The van der Waals surface area contributed by atoms with Crippen LogP contribution in [-0.4, -0.2) is 59.9 Å². The summed E-state index contributed by atoms with van der Waals surface area (Å²) >= 11 is 1.82. The molecule has 1 N–H and O–H groups in total. The standard InChI is InChI=1S/C25H32N2O3S/c1-30-23-6-7-24-21(17-23)18-27(14-15-31-24)25(29)10-13-26-11-8-20(9-12-26)16-19-2-4-22(28)5-3-19/h2-7,17,20,28H,8-16,18H2,1H3. The van der Waals surface area contributed by atoms with Gasteiger partial charge in [-0.2, -0.15) is 0 Å². The molecule has 2 heterocycles. The molecule has 0 aliphatic carbocycles. The van der Waals surface area contributed by atoms with Crippen LogP contribution in [0.25, 0.3) is 0 Å². The number of hydrogen-bond acceptors (Lipinski definition) is 5. The Morgan fingerprint density at radius 3 is 2.65 bits per heavy atom. The largest absolute Gasteiger partial charge is 0.508 e. The van der Waals surface area contributed by atoms with Gasteiger partial charge in [0, 0.05) is 36.7 Å². The topological polar surface area (TPSA) is 53.0 Å². The molecule has 31 heavy (non-hydrogen) atoms. The van der Waals surface area contributed by atoms with E-state index in [1.165, 1.54) is 28.9 Å². The van der Waals surface area contributed by atoms with Crippen molar-refractivity contribution in [1.82, 2.24) is 9.80 Å². The minimum Gasteiger partial charge on any atom is -0.508 e. The summed E-state index contributed by atoms with van der Waals surface area (Å²) in [5, 5.41) is 9.44. The average molecular weight is 441 g/mol. The van der Waals surface area contributed by atoms with E-state index in [4.69, 9.17) is 4.74 Å². The number of amides is 1. The van der Waals surface area contributed by atoms with Crippen LogP contribution in [-0.2, 0) is 17.8 Å². The summed E-state index contributed by atoms with van der Waals surface area (Å²) in [6.45, 7) is 4.44. The monoisotopic (exact) mass is 440 g/mol. The van der Waals surface area contributed by atoms with Gasteiger partial charge in [0.1, 0.15) is 11.5 Å². The SMILES string of the molecule is COc1ccc2c(c1)CN(C(=O)CCN1CCC(Cc3ccc(O)cc3)CC1)CCS2. The predicted molar refractivity (Wildman–Crippen MR) is 125 cm³/mol. The molecule has 4 rings (SSSR count). The van der Waals surface area contributed by atoms with Crippen molar-refractivity contribution in [1.29, 1.82) is 0 Å². The number of fused-ring (bicyclic) bond motifs is 1. The van der Waals surface area contributed by atoms with Gasteiger partial charge < -0.3 is 19.6 Å². The summed E-state index contributed by atoms with van der Waals surface area (Å²) in [7, 11) is 1.68. The van der Waals surface area contributed by atoms with Gasteiger partial charge in [0.05, 0.1) is 7.11 Å². The van der Waals surface area contributed by atoms with Crippen molar-refractivity contribution in [3.63, 3.8) is 0 Å². The molecule has 0 unspecified atom stereocenters. The molecule has 2 aromatic carbocycles. The number of methoxy groups -OCH3 is 1. The van der Waals surface area contributed by atoms with E-state index >= 15 is 0 Å². The Kier molecular flexibility index (Phi) is 7.41. The lowest BCUT2D eigenvalue weighted by molar-refractivity contribution is -0.132. The van der Waals surface area contributed by atoms with Gasteiger partial charge in [-0.05, 0) is 79.7 Å². The number of benzene rings is 2. The number of piperidine rings is 1. The van der Waals surface area contributed by atoms with Crippen molar-refractivity contribution < 1.29 is 14.6 Å². The molecule has 6 heteroatoms. The van der Waals surface area contributed by atoms with Gasteiger partial charge in [-0.25, -0.2) is 0 Å². The maximum absolute atomic E-state index is 12.9. The number of rotatable bonds is 6. The number of hydrogen-bond donors (Lipinski definition) is 1. The lowest BCUT2D eigenvalue weighted by atomic mass is 9.90. The quantitative estimate of drug-likeness (QED) is 0.730. The molecule has 0 bridgehead atoms. The van der Waals surface area contributed by atoms with Crippen LogP contribution < -0.4 is 4.74 Å². The van der Waals surface area contributed by atoms with E-state index in [1.807, 2.05) is 34.9 Å². The van der Waals surface area contributed by atoms with E-state index in [0.29, 0.717) is 24.6 Å². The number of likely N-dealkylation sites (tertiary alicyclic amines) is 1. The zero-order valence-electron chi connectivity index (χ0n) is 18.3. The predicted octanol–water partition coefficient (Wildman–Crippen LogP) is 4.18. The molecular weight excluding hydrogens is 408 g/mol. The first kappa shape index (κ1) is 22.0. The summed E-state index contributed by atoms with van der Waals surface area (Å²) in [5.41, 5.74) is 2.48. The van der Waals surface area contributed by atoms with Gasteiger partial charge >= 0.3 is 0 Å². The third kappa shape index (κ3) is 5.95. The summed E-state index contributed by atoms with van der Waals surface area (Å²) in [6.07, 6.45) is 4.00. The average Bonchev–Trinajstić information content (AvgIpc) is 3.02. The highest BCUT2D eigenvalue weighted by molar-refractivity contribution is 7.99. The second-order valence-corrected chi connectivity index (χ2v) is 9.68.